The monoisotopic (exact) mass is 504 g/mol. The van der Waals surface area contributed by atoms with E-state index in [2.05, 4.69) is 33.8 Å². The molecule has 36 heavy (non-hydrogen) atoms. The molecule has 0 aliphatic heterocycles. The molecular formula is C30H48O6. The van der Waals surface area contributed by atoms with E-state index in [-0.39, 0.29) is 42.2 Å². The lowest BCUT2D eigenvalue weighted by atomic mass is 9.45. The number of aliphatic hydroxyl groups excluding tert-OH is 2. The van der Waals surface area contributed by atoms with Crippen molar-refractivity contribution >= 4 is 11.9 Å². The van der Waals surface area contributed by atoms with E-state index in [0.29, 0.717) is 30.6 Å². The molecule has 11 atom stereocenters. The minimum absolute atomic E-state index is 0.00592. The van der Waals surface area contributed by atoms with Crippen molar-refractivity contribution in [3.05, 3.63) is 11.6 Å². The largest absolute Gasteiger partial charge is 0.481 e. The Morgan fingerprint density at radius 2 is 1.83 bits per heavy atom. The number of carboxylic acids is 1. The van der Waals surface area contributed by atoms with Gasteiger partial charge in [-0.15, -0.1) is 0 Å². The predicted molar refractivity (Wildman–Crippen MR) is 138 cm³/mol. The molecule has 0 heterocycles. The van der Waals surface area contributed by atoms with Crippen LogP contribution >= 0.6 is 0 Å². The molecular weight excluding hydrogens is 456 g/mol. The van der Waals surface area contributed by atoms with Gasteiger partial charge in [-0.25, -0.2) is 0 Å². The number of hydrogen-bond donors (Lipinski definition) is 3. The van der Waals surface area contributed by atoms with Crippen LogP contribution in [0.25, 0.3) is 0 Å². The van der Waals surface area contributed by atoms with Crippen LogP contribution in [-0.2, 0) is 14.3 Å². The molecule has 0 bridgehead atoms. The van der Waals surface area contributed by atoms with E-state index >= 15 is 0 Å². The zero-order valence-electron chi connectivity index (χ0n) is 23.1. The summed E-state index contributed by atoms with van der Waals surface area (Å²) in [5.41, 5.74) is -0.468. The van der Waals surface area contributed by atoms with Crippen molar-refractivity contribution in [1.82, 2.24) is 0 Å². The maximum atomic E-state index is 13.1. The number of aliphatic carboxylic acids is 1. The molecule has 3 N–H and O–H groups in total. The van der Waals surface area contributed by atoms with Gasteiger partial charge >= 0.3 is 11.9 Å². The van der Waals surface area contributed by atoms with Crippen LogP contribution in [0.4, 0.5) is 0 Å². The molecule has 4 aliphatic carbocycles. The molecule has 4 rings (SSSR count). The highest BCUT2D eigenvalue weighted by molar-refractivity contribution is 5.76. The van der Waals surface area contributed by atoms with Crippen LogP contribution in [0, 0.1) is 52.3 Å². The molecule has 6 nitrogen and oxygen atoms in total. The first-order valence-corrected chi connectivity index (χ1v) is 14.3. The van der Waals surface area contributed by atoms with Gasteiger partial charge in [0.2, 0.25) is 0 Å². The lowest BCUT2D eigenvalue weighted by Crippen LogP contribution is -2.62. The number of hydrogen-bond acceptors (Lipinski definition) is 5. The first-order valence-electron chi connectivity index (χ1n) is 14.3. The van der Waals surface area contributed by atoms with Gasteiger partial charge in [0, 0.05) is 25.2 Å². The average molecular weight is 505 g/mol. The second-order valence-electron chi connectivity index (χ2n) is 13.3. The van der Waals surface area contributed by atoms with Crippen LogP contribution < -0.4 is 0 Å². The molecule has 0 aromatic rings. The maximum Gasteiger partial charge on any atom is 0.310 e. The Morgan fingerprint density at radius 3 is 2.44 bits per heavy atom. The zero-order valence-corrected chi connectivity index (χ0v) is 23.1. The molecule has 0 saturated heterocycles. The van der Waals surface area contributed by atoms with E-state index in [9.17, 15) is 24.9 Å². The van der Waals surface area contributed by atoms with Gasteiger partial charge in [-0.2, -0.15) is 0 Å². The summed E-state index contributed by atoms with van der Waals surface area (Å²) in [6.45, 7) is 12.4. The smallest absolute Gasteiger partial charge is 0.310 e. The standard InChI is InChI=1S/C30H48O6/c1-16(2)17(3)7-8-18(4)23-11-12-24-22-10-9-20-13-21(36-19(5)31)14-26(33)29(20,6)27(22)25(32)15-30(23,24)28(34)35/h9,16-18,21-27,32-33H,7-8,10-15H2,1-6H3,(H,34,35)/t17-,18+,21+,22?,23?,24?,25+,26-,27?,29+,30-/m0/s1. The van der Waals surface area contributed by atoms with Crippen molar-refractivity contribution in [2.45, 2.75) is 111 Å². The Morgan fingerprint density at radius 1 is 1.14 bits per heavy atom. The van der Waals surface area contributed by atoms with Crippen LogP contribution in [0.2, 0.25) is 0 Å². The Hall–Kier alpha value is -1.40. The molecule has 4 unspecified atom stereocenters. The van der Waals surface area contributed by atoms with E-state index in [1.54, 1.807) is 0 Å². The number of carboxylic acid groups (broad SMARTS) is 1. The summed E-state index contributed by atoms with van der Waals surface area (Å²) in [7, 11) is 0. The second-order valence-corrected chi connectivity index (χ2v) is 13.3. The summed E-state index contributed by atoms with van der Waals surface area (Å²) in [5, 5.41) is 33.8. The first-order chi connectivity index (χ1) is 16.8. The number of allylic oxidation sites excluding steroid dienone is 1. The average Bonchev–Trinajstić information content (AvgIpc) is 3.18. The number of carbonyl (C=O) groups is 2. The third kappa shape index (κ3) is 4.34. The summed E-state index contributed by atoms with van der Waals surface area (Å²) in [6, 6.07) is 0. The highest BCUT2D eigenvalue weighted by Crippen LogP contribution is 2.67. The fourth-order valence-electron chi connectivity index (χ4n) is 9.07. The summed E-state index contributed by atoms with van der Waals surface area (Å²) < 4.78 is 5.45. The molecule has 3 saturated carbocycles. The molecule has 204 valence electrons. The van der Waals surface area contributed by atoms with Crippen molar-refractivity contribution in [3.8, 4) is 0 Å². The SMILES string of the molecule is CC(=O)O[C@@H]1CC2=CCC3C4CCC([C@H](C)CC[C@H](C)C(C)C)[C@@]4(C(=O)O)C[C@@H](O)C3[C@@]2(C)[C@@H](O)C1. The second kappa shape index (κ2) is 10.1. The summed E-state index contributed by atoms with van der Waals surface area (Å²) in [4.78, 5) is 24.6. The van der Waals surface area contributed by atoms with Crippen LogP contribution in [0.5, 0.6) is 0 Å². The molecule has 0 radical (unpaired) electrons. The predicted octanol–water partition coefficient (Wildman–Crippen LogP) is 5.21. The lowest BCUT2D eigenvalue weighted by Gasteiger charge is -2.60. The van der Waals surface area contributed by atoms with E-state index in [4.69, 9.17) is 4.74 Å². The molecule has 0 aromatic carbocycles. The van der Waals surface area contributed by atoms with Crippen molar-refractivity contribution in [2.75, 3.05) is 0 Å². The van der Waals surface area contributed by atoms with Gasteiger partial charge in [-0.1, -0.05) is 59.1 Å². The van der Waals surface area contributed by atoms with Crippen molar-refractivity contribution in [1.29, 1.82) is 0 Å². The van der Waals surface area contributed by atoms with Crippen molar-refractivity contribution < 1.29 is 29.6 Å². The Kier molecular flexibility index (Phi) is 7.72. The number of aliphatic hydroxyl groups is 2. The van der Waals surface area contributed by atoms with Crippen LogP contribution in [-0.4, -0.2) is 45.6 Å². The molecule has 6 heteroatoms. The van der Waals surface area contributed by atoms with E-state index < -0.39 is 29.0 Å². The van der Waals surface area contributed by atoms with Gasteiger partial charge in [0.05, 0.1) is 17.6 Å². The molecule has 4 aliphatic rings. The quantitative estimate of drug-likeness (QED) is 0.325. The molecule has 0 aromatic heterocycles. The van der Waals surface area contributed by atoms with Crippen LogP contribution in [0.15, 0.2) is 11.6 Å². The van der Waals surface area contributed by atoms with Gasteiger partial charge < -0.3 is 20.1 Å². The number of carbonyl (C=O) groups excluding carboxylic acids is 1. The van der Waals surface area contributed by atoms with E-state index in [0.717, 1.165) is 37.7 Å². The number of fused-ring (bicyclic) bond motifs is 5. The van der Waals surface area contributed by atoms with Gasteiger partial charge in [-0.05, 0) is 67.1 Å². The minimum Gasteiger partial charge on any atom is -0.481 e. The summed E-state index contributed by atoms with van der Waals surface area (Å²) in [5.74, 6) is 0.361. The zero-order chi connectivity index (χ0) is 26.6. The van der Waals surface area contributed by atoms with Gasteiger partial charge in [-0.3, -0.25) is 9.59 Å². The third-order valence-corrected chi connectivity index (χ3v) is 11.3. The van der Waals surface area contributed by atoms with Gasteiger partial charge in [0.15, 0.2) is 0 Å². The van der Waals surface area contributed by atoms with Crippen LogP contribution in [0.1, 0.15) is 92.9 Å². The Bertz CT molecular complexity index is 881. The molecule has 0 amide bonds. The minimum atomic E-state index is -0.900. The summed E-state index contributed by atoms with van der Waals surface area (Å²) >= 11 is 0. The lowest BCUT2D eigenvalue weighted by molar-refractivity contribution is -0.189. The van der Waals surface area contributed by atoms with E-state index in [1.165, 1.54) is 6.92 Å². The van der Waals surface area contributed by atoms with Gasteiger partial charge in [0.1, 0.15) is 6.10 Å². The van der Waals surface area contributed by atoms with Crippen molar-refractivity contribution in [2.24, 2.45) is 52.3 Å². The highest BCUT2D eigenvalue weighted by Gasteiger charge is 2.68. The number of esters is 1. The number of ether oxygens (including phenoxy) is 1. The topological polar surface area (TPSA) is 104 Å². The molecule has 0 spiro atoms. The van der Waals surface area contributed by atoms with Crippen molar-refractivity contribution in [3.63, 3.8) is 0 Å². The number of rotatable bonds is 7. The normalized spacial score (nSPS) is 43.6. The fraction of sp³-hybridized carbons (Fsp3) is 0.867. The molecule has 3 fully saturated rings. The van der Waals surface area contributed by atoms with Crippen LogP contribution in [0.3, 0.4) is 0 Å². The maximum absolute atomic E-state index is 13.1. The Labute approximate surface area is 216 Å². The highest BCUT2D eigenvalue weighted by atomic mass is 16.5. The third-order valence-electron chi connectivity index (χ3n) is 11.3. The van der Waals surface area contributed by atoms with E-state index in [1.807, 2.05) is 6.92 Å². The Balaban J connectivity index is 1.62. The van der Waals surface area contributed by atoms with Gasteiger partial charge in [0.25, 0.3) is 0 Å². The summed E-state index contributed by atoms with van der Waals surface area (Å²) in [6.07, 6.45) is 6.12. The fourth-order valence-corrected chi connectivity index (χ4v) is 9.07. The first kappa shape index (κ1) is 27.6.